The molecule has 0 N–H and O–H groups in total. The average Bonchev–Trinajstić information content (AvgIpc) is 3.13. The average molecular weight is 417 g/mol. The highest BCUT2D eigenvalue weighted by Crippen LogP contribution is 2.37. The molecule has 0 unspecified atom stereocenters. The summed E-state index contributed by atoms with van der Waals surface area (Å²) >= 11 is 8.63. The summed E-state index contributed by atoms with van der Waals surface area (Å²) < 4.78 is 2.96. The molecule has 2 aromatic rings. The maximum absolute atomic E-state index is 6.36. The van der Waals surface area contributed by atoms with E-state index in [0.717, 1.165) is 27.9 Å². The first-order chi connectivity index (χ1) is 10.2. The van der Waals surface area contributed by atoms with Crippen LogP contribution in [0.2, 0.25) is 5.15 Å². The summed E-state index contributed by atoms with van der Waals surface area (Å²) in [4.78, 5) is 9.31. The molecule has 0 radical (unpaired) electrons. The van der Waals surface area contributed by atoms with Gasteiger partial charge < -0.3 is 0 Å². The van der Waals surface area contributed by atoms with Gasteiger partial charge in [-0.3, -0.25) is 4.68 Å². The van der Waals surface area contributed by atoms with Crippen LogP contribution < -0.4 is 0 Å². The summed E-state index contributed by atoms with van der Waals surface area (Å²) in [5, 5.41) is 4.92. The number of hydrogen-bond donors (Lipinski definition) is 0. The fourth-order valence-corrected chi connectivity index (χ4v) is 3.79. The van der Waals surface area contributed by atoms with Crippen LogP contribution in [0.5, 0.6) is 0 Å². The molecule has 0 amide bonds. The third-order valence-electron chi connectivity index (χ3n) is 3.96. The van der Waals surface area contributed by atoms with E-state index >= 15 is 0 Å². The van der Waals surface area contributed by atoms with Crippen LogP contribution in [0.3, 0.4) is 0 Å². The van der Waals surface area contributed by atoms with Crippen molar-refractivity contribution in [3.63, 3.8) is 0 Å². The van der Waals surface area contributed by atoms with E-state index in [0.29, 0.717) is 16.9 Å². The van der Waals surface area contributed by atoms with Crippen molar-refractivity contribution in [2.75, 3.05) is 0 Å². The highest BCUT2D eigenvalue weighted by atomic mass is 127. The molecule has 6 heteroatoms. The fourth-order valence-electron chi connectivity index (χ4n) is 2.93. The quantitative estimate of drug-likeness (QED) is 0.537. The lowest BCUT2D eigenvalue weighted by Gasteiger charge is -2.14. The zero-order valence-electron chi connectivity index (χ0n) is 12.0. The Morgan fingerprint density at radius 1 is 1.33 bits per heavy atom. The number of hydrogen-bond acceptors (Lipinski definition) is 3. The zero-order chi connectivity index (χ0) is 14.8. The van der Waals surface area contributed by atoms with Gasteiger partial charge in [0.2, 0.25) is 0 Å². The van der Waals surface area contributed by atoms with Gasteiger partial charge in [-0.1, -0.05) is 31.4 Å². The second-order valence-corrected chi connectivity index (χ2v) is 6.89. The highest BCUT2D eigenvalue weighted by Gasteiger charge is 2.24. The number of aryl methyl sites for hydroxylation is 1. The first-order valence-corrected chi connectivity index (χ1v) is 8.91. The Kier molecular flexibility index (Phi) is 4.78. The Hall–Kier alpha value is -0.690. The number of nitrogens with zero attached hydrogens (tertiary/aromatic N) is 4. The van der Waals surface area contributed by atoms with Crippen LogP contribution in [0.25, 0.3) is 11.5 Å². The van der Waals surface area contributed by atoms with Crippen molar-refractivity contribution < 1.29 is 0 Å². The van der Waals surface area contributed by atoms with Crippen molar-refractivity contribution in [2.45, 2.75) is 51.5 Å². The second kappa shape index (κ2) is 6.60. The SMILES string of the molecule is CCCn1nccc1-c1nc(Cl)c(I)c(C2CCCC2)n1. The third-order valence-corrected chi connectivity index (χ3v) is 5.62. The minimum Gasteiger partial charge on any atom is -0.262 e. The topological polar surface area (TPSA) is 43.6 Å². The molecule has 1 saturated carbocycles. The van der Waals surface area contributed by atoms with Gasteiger partial charge >= 0.3 is 0 Å². The summed E-state index contributed by atoms with van der Waals surface area (Å²) in [5.41, 5.74) is 2.07. The maximum atomic E-state index is 6.36. The van der Waals surface area contributed by atoms with Gasteiger partial charge in [0, 0.05) is 18.7 Å². The Morgan fingerprint density at radius 2 is 2.10 bits per heavy atom. The summed E-state index contributed by atoms with van der Waals surface area (Å²) in [5.74, 6) is 1.23. The molecular formula is C15H18ClIN4. The molecule has 0 atom stereocenters. The summed E-state index contributed by atoms with van der Waals surface area (Å²) in [6.45, 7) is 3.01. The Bertz CT molecular complexity index is 635. The van der Waals surface area contributed by atoms with Gasteiger partial charge in [-0.25, -0.2) is 9.97 Å². The summed E-state index contributed by atoms with van der Waals surface area (Å²) in [6.07, 6.45) is 7.81. The van der Waals surface area contributed by atoms with Crippen LogP contribution in [0, 0.1) is 3.57 Å². The number of rotatable bonds is 4. The Morgan fingerprint density at radius 3 is 2.81 bits per heavy atom. The molecular weight excluding hydrogens is 399 g/mol. The largest absolute Gasteiger partial charge is 0.262 e. The number of aromatic nitrogens is 4. The number of halogens is 2. The van der Waals surface area contributed by atoms with Crippen molar-refractivity contribution in [2.24, 2.45) is 0 Å². The monoisotopic (exact) mass is 416 g/mol. The van der Waals surface area contributed by atoms with Crippen molar-refractivity contribution >= 4 is 34.2 Å². The molecule has 1 aliphatic rings. The van der Waals surface area contributed by atoms with Crippen molar-refractivity contribution in [1.29, 1.82) is 0 Å². The second-order valence-electron chi connectivity index (χ2n) is 5.46. The molecule has 0 spiro atoms. The van der Waals surface area contributed by atoms with Gasteiger partial charge in [0.05, 0.1) is 9.26 Å². The minimum atomic E-state index is 0.527. The molecule has 4 nitrogen and oxygen atoms in total. The van der Waals surface area contributed by atoms with E-state index in [-0.39, 0.29) is 0 Å². The standard InChI is InChI=1S/C15H18ClIN4/c1-2-9-21-11(7-8-18-21)15-19-13(10-5-3-4-6-10)12(17)14(16)20-15/h7-8,10H,2-6,9H2,1H3. The zero-order valence-corrected chi connectivity index (χ0v) is 14.9. The summed E-state index contributed by atoms with van der Waals surface area (Å²) in [7, 11) is 0. The smallest absolute Gasteiger partial charge is 0.179 e. The molecule has 3 rings (SSSR count). The van der Waals surface area contributed by atoms with Gasteiger partial charge in [0.15, 0.2) is 5.82 Å². The molecule has 0 saturated heterocycles. The van der Waals surface area contributed by atoms with Crippen LogP contribution in [0.4, 0.5) is 0 Å². The lowest BCUT2D eigenvalue weighted by Crippen LogP contribution is -2.08. The molecule has 1 aliphatic carbocycles. The van der Waals surface area contributed by atoms with Gasteiger partial charge in [0.25, 0.3) is 0 Å². The van der Waals surface area contributed by atoms with Gasteiger partial charge in [-0.2, -0.15) is 5.10 Å². The van der Waals surface area contributed by atoms with Crippen LogP contribution in [-0.4, -0.2) is 19.7 Å². The van der Waals surface area contributed by atoms with Crippen LogP contribution in [-0.2, 0) is 6.54 Å². The van der Waals surface area contributed by atoms with E-state index in [9.17, 15) is 0 Å². The van der Waals surface area contributed by atoms with Crippen LogP contribution >= 0.6 is 34.2 Å². The van der Waals surface area contributed by atoms with Crippen molar-refractivity contribution in [3.8, 4) is 11.5 Å². The fraction of sp³-hybridized carbons (Fsp3) is 0.533. The molecule has 0 aromatic carbocycles. The van der Waals surface area contributed by atoms with Crippen molar-refractivity contribution in [1.82, 2.24) is 19.7 Å². The van der Waals surface area contributed by atoms with E-state index in [1.807, 2.05) is 10.7 Å². The lowest BCUT2D eigenvalue weighted by molar-refractivity contribution is 0.605. The predicted octanol–water partition coefficient (Wildman–Crippen LogP) is 4.67. The Balaban J connectivity index is 2.04. The van der Waals surface area contributed by atoms with E-state index in [4.69, 9.17) is 16.6 Å². The van der Waals surface area contributed by atoms with Gasteiger partial charge in [-0.05, 0) is 47.9 Å². The lowest BCUT2D eigenvalue weighted by atomic mass is 10.0. The van der Waals surface area contributed by atoms with Crippen molar-refractivity contribution in [3.05, 3.63) is 26.7 Å². The first-order valence-electron chi connectivity index (χ1n) is 7.45. The molecule has 0 bridgehead atoms. The van der Waals surface area contributed by atoms with E-state index in [1.165, 1.54) is 25.7 Å². The predicted molar refractivity (Wildman–Crippen MR) is 92.5 cm³/mol. The molecule has 2 aromatic heterocycles. The van der Waals surface area contributed by atoms with Crippen LogP contribution in [0.15, 0.2) is 12.3 Å². The molecule has 112 valence electrons. The van der Waals surface area contributed by atoms with E-state index in [1.54, 1.807) is 6.20 Å². The minimum absolute atomic E-state index is 0.527. The molecule has 1 fully saturated rings. The third kappa shape index (κ3) is 3.08. The van der Waals surface area contributed by atoms with E-state index < -0.39 is 0 Å². The molecule has 0 aliphatic heterocycles. The first kappa shape index (κ1) is 15.2. The highest BCUT2D eigenvalue weighted by molar-refractivity contribution is 14.1. The van der Waals surface area contributed by atoms with Gasteiger partial charge in [0.1, 0.15) is 10.8 Å². The Labute approximate surface area is 143 Å². The molecule has 21 heavy (non-hydrogen) atoms. The maximum Gasteiger partial charge on any atom is 0.179 e. The van der Waals surface area contributed by atoms with E-state index in [2.05, 4.69) is 39.6 Å². The van der Waals surface area contributed by atoms with Crippen LogP contribution in [0.1, 0.15) is 50.6 Å². The molecule has 2 heterocycles. The normalized spacial score (nSPS) is 15.8. The summed E-state index contributed by atoms with van der Waals surface area (Å²) in [6, 6.07) is 1.96. The van der Waals surface area contributed by atoms with Gasteiger partial charge in [-0.15, -0.1) is 0 Å².